The monoisotopic (exact) mass is 686 g/mol. The Kier molecular flexibility index (Phi) is 9.83. The van der Waals surface area contributed by atoms with Gasteiger partial charge >= 0.3 is 0 Å². The molecule has 136 valence electrons. The quantitative estimate of drug-likeness (QED) is 0.252. The Morgan fingerprint density at radius 3 is 1.31 bits per heavy atom. The molecule has 1 N–H and O–H groups in total. The Balaban J connectivity index is 0.000000254. The summed E-state index contributed by atoms with van der Waals surface area (Å²) in [5.41, 5.74) is 0. The summed E-state index contributed by atoms with van der Waals surface area (Å²) in [7, 11) is 0. The van der Waals surface area contributed by atoms with Crippen LogP contribution in [0.15, 0.2) is 72.8 Å². The lowest BCUT2D eigenvalue weighted by Gasteiger charge is -2.10. The van der Waals surface area contributed by atoms with Crippen LogP contribution in [-0.4, -0.2) is 18.3 Å². The van der Waals surface area contributed by atoms with Crippen LogP contribution in [0.3, 0.4) is 0 Å². The van der Waals surface area contributed by atoms with E-state index in [2.05, 4.69) is 67.8 Å². The van der Waals surface area contributed by atoms with Gasteiger partial charge in [-0.3, -0.25) is 0 Å². The van der Waals surface area contributed by atoms with E-state index >= 15 is 0 Å². The molecule has 0 amide bonds. The van der Waals surface area contributed by atoms with Crippen molar-refractivity contribution in [2.75, 3.05) is 13.2 Å². The average molecular weight is 686 g/mol. The molecule has 26 heavy (non-hydrogen) atoms. The first kappa shape index (κ1) is 21.5. The van der Waals surface area contributed by atoms with Crippen LogP contribution >= 0.6 is 67.8 Å². The van der Waals surface area contributed by atoms with E-state index in [9.17, 15) is 0 Å². The summed E-state index contributed by atoms with van der Waals surface area (Å²) in [6.45, 7) is 1.09. The number of phenols is 1. The van der Waals surface area contributed by atoms with Crippen LogP contribution < -0.4 is 9.47 Å². The van der Waals surface area contributed by atoms with Gasteiger partial charge < -0.3 is 14.6 Å². The number of rotatable bonds is 5. The van der Waals surface area contributed by atoms with Crippen LogP contribution in [-0.2, 0) is 0 Å². The van der Waals surface area contributed by atoms with Crippen molar-refractivity contribution in [3.8, 4) is 17.2 Å². The SMILES string of the molecule is Ic1ccccc1OCCOc1ccccc1I.Oc1ccccc1I. The first-order valence-electron chi connectivity index (χ1n) is 7.76. The molecule has 3 aromatic rings. The Bertz CT molecular complexity index is 756. The standard InChI is InChI=1S/C14H12I2O2.C6H5IO/c15-11-5-1-3-7-13(11)17-9-10-18-14-8-4-2-6-12(14)16;7-5-3-1-2-4-6(5)8/h1-8H,9-10H2;1-4,8H. The molecule has 0 aliphatic carbocycles. The molecule has 0 saturated carbocycles. The fraction of sp³-hybridized carbons (Fsp3) is 0.100. The van der Waals surface area contributed by atoms with E-state index in [1.165, 1.54) is 0 Å². The van der Waals surface area contributed by atoms with Gasteiger partial charge in [0, 0.05) is 0 Å². The largest absolute Gasteiger partial charge is 0.507 e. The normalized spacial score (nSPS) is 9.81. The molecule has 3 nitrogen and oxygen atoms in total. The van der Waals surface area contributed by atoms with E-state index in [0.29, 0.717) is 19.0 Å². The molecule has 0 aliphatic rings. The van der Waals surface area contributed by atoms with Crippen LogP contribution in [0.1, 0.15) is 0 Å². The van der Waals surface area contributed by atoms with Crippen molar-refractivity contribution in [2.24, 2.45) is 0 Å². The van der Waals surface area contributed by atoms with E-state index in [-0.39, 0.29) is 0 Å². The number of hydrogen-bond acceptors (Lipinski definition) is 3. The van der Waals surface area contributed by atoms with Gasteiger partial charge in [0.25, 0.3) is 0 Å². The maximum Gasteiger partial charge on any atom is 0.132 e. The summed E-state index contributed by atoms with van der Waals surface area (Å²) in [4.78, 5) is 0. The number of aromatic hydroxyl groups is 1. The average Bonchev–Trinajstić information content (AvgIpc) is 2.64. The zero-order valence-electron chi connectivity index (χ0n) is 13.7. The van der Waals surface area contributed by atoms with E-state index in [1.54, 1.807) is 12.1 Å². The molecule has 0 aromatic heterocycles. The smallest absolute Gasteiger partial charge is 0.132 e. The lowest BCUT2D eigenvalue weighted by molar-refractivity contribution is 0.215. The predicted octanol–water partition coefficient (Wildman–Crippen LogP) is 6.35. The molecule has 0 fully saturated rings. The molecular weight excluding hydrogens is 669 g/mol. The highest BCUT2D eigenvalue weighted by molar-refractivity contribution is 14.1. The summed E-state index contributed by atoms with van der Waals surface area (Å²) in [6.07, 6.45) is 0. The summed E-state index contributed by atoms with van der Waals surface area (Å²) < 4.78 is 14.5. The van der Waals surface area contributed by atoms with Gasteiger partial charge in [0.05, 0.1) is 10.7 Å². The number of phenolic OH excluding ortho intramolecular Hbond substituents is 1. The van der Waals surface area contributed by atoms with E-state index in [1.807, 2.05) is 60.7 Å². The minimum atomic E-state index is 0.355. The zero-order valence-corrected chi connectivity index (χ0v) is 20.2. The Morgan fingerprint density at radius 2 is 0.962 bits per heavy atom. The van der Waals surface area contributed by atoms with Crippen LogP contribution in [0.4, 0.5) is 0 Å². The van der Waals surface area contributed by atoms with Crippen molar-refractivity contribution < 1.29 is 14.6 Å². The van der Waals surface area contributed by atoms with E-state index in [4.69, 9.17) is 14.6 Å². The van der Waals surface area contributed by atoms with E-state index in [0.717, 1.165) is 22.2 Å². The summed E-state index contributed by atoms with van der Waals surface area (Å²) in [5.74, 6) is 2.17. The number of halogens is 3. The molecule has 3 rings (SSSR count). The minimum Gasteiger partial charge on any atom is -0.507 e. The fourth-order valence-electron chi connectivity index (χ4n) is 1.88. The van der Waals surface area contributed by atoms with Crippen molar-refractivity contribution in [3.05, 3.63) is 83.5 Å². The van der Waals surface area contributed by atoms with E-state index < -0.39 is 0 Å². The number of hydrogen-bond donors (Lipinski definition) is 1. The molecule has 3 aromatic carbocycles. The molecule has 0 heterocycles. The summed E-state index contributed by atoms with van der Waals surface area (Å²) >= 11 is 6.60. The maximum absolute atomic E-state index is 8.91. The molecule has 0 unspecified atom stereocenters. The van der Waals surface area contributed by atoms with Crippen LogP contribution in [0, 0.1) is 10.7 Å². The molecule has 0 aliphatic heterocycles. The third kappa shape index (κ3) is 7.47. The molecule has 0 radical (unpaired) electrons. The highest BCUT2D eigenvalue weighted by Gasteiger charge is 2.01. The van der Waals surface area contributed by atoms with Gasteiger partial charge in [0.1, 0.15) is 30.5 Å². The molecule has 0 saturated heterocycles. The van der Waals surface area contributed by atoms with Gasteiger partial charge in [-0.2, -0.15) is 0 Å². The highest BCUT2D eigenvalue weighted by atomic mass is 127. The zero-order chi connectivity index (χ0) is 18.8. The van der Waals surface area contributed by atoms with Gasteiger partial charge in [0.15, 0.2) is 0 Å². The Morgan fingerprint density at radius 1 is 0.577 bits per heavy atom. The summed E-state index contributed by atoms with van der Waals surface area (Å²) in [5, 5.41) is 8.91. The third-order valence-electron chi connectivity index (χ3n) is 3.12. The third-order valence-corrected chi connectivity index (χ3v) is 5.82. The van der Waals surface area contributed by atoms with Gasteiger partial charge in [-0.15, -0.1) is 0 Å². The highest BCUT2D eigenvalue weighted by Crippen LogP contribution is 2.21. The van der Waals surface area contributed by atoms with Gasteiger partial charge in [0.2, 0.25) is 0 Å². The minimum absolute atomic E-state index is 0.355. The van der Waals surface area contributed by atoms with Crippen molar-refractivity contribution >= 4 is 67.8 Å². The maximum atomic E-state index is 8.91. The van der Waals surface area contributed by atoms with Gasteiger partial charge in [-0.1, -0.05) is 36.4 Å². The number of para-hydroxylation sites is 3. The molecule has 0 spiro atoms. The Hall–Kier alpha value is -0.750. The molecule has 0 bridgehead atoms. The number of ether oxygens (including phenoxy) is 2. The topological polar surface area (TPSA) is 38.7 Å². The lowest BCUT2D eigenvalue weighted by atomic mass is 10.3. The second kappa shape index (κ2) is 11.9. The second-order valence-corrected chi connectivity index (χ2v) is 8.50. The van der Waals surface area contributed by atoms with Crippen molar-refractivity contribution in [1.82, 2.24) is 0 Å². The first-order valence-corrected chi connectivity index (χ1v) is 11.0. The van der Waals surface area contributed by atoms with Gasteiger partial charge in [-0.25, -0.2) is 0 Å². The van der Waals surface area contributed by atoms with Crippen LogP contribution in [0.5, 0.6) is 17.2 Å². The molecule has 6 heteroatoms. The second-order valence-electron chi connectivity index (χ2n) is 5.01. The van der Waals surface area contributed by atoms with Crippen molar-refractivity contribution in [1.29, 1.82) is 0 Å². The predicted molar refractivity (Wildman–Crippen MR) is 130 cm³/mol. The van der Waals surface area contributed by atoms with Crippen molar-refractivity contribution in [3.63, 3.8) is 0 Å². The molecule has 0 atom stereocenters. The first-order chi connectivity index (χ1) is 12.6. The van der Waals surface area contributed by atoms with Gasteiger partial charge in [-0.05, 0) is 104 Å². The number of benzene rings is 3. The van der Waals surface area contributed by atoms with Crippen LogP contribution in [0.25, 0.3) is 0 Å². The fourth-order valence-corrected chi connectivity index (χ4v) is 3.35. The summed E-state index contributed by atoms with van der Waals surface area (Å²) in [6, 6.07) is 23.1. The van der Waals surface area contributed by atoms with Crippen molar-refractivity contribution in [2.45, 2.75) is 0 Å². The van der Waals surface area contributed by atoms with Crippen LogP contribution in [0.2, 0.25) is 0 Å². The lowest BCUT2D eigenvalue weighted by Crippen LogP contribution is -2.10. The molecular formula is C20H17I3O3. The Labute approximate surface area is 194 Å².